The topological polar surface area (TPSA) is 76.7 Å². The smallest absolute Gasteiger partial charge is 0.269 e. The standard InChI is InChI=1S/C21H24N2O4/c1-3-27-17-11-10-15(14-18(17)26-2)19(24)22-23-20(25)21(12-7-13-21)16-8-5-4-6-9-16/h4-6,8-11,14H,3,7,12-13H2,1-2H3,(H,22,24)(H,23,25). The van der Waals surface area contributed by atoms with E-state index in [0.717, 1.165) is 24.8 Å². The molecule has 27 heavy (non-hydrogen) atoms. The van der Waals surface area contributed by atoms with Crippen LogP contribution in [0, 0.1) is 0 Å². The molecule has 6 heteroatoms. The second-order valence-electron chi connectivity index (χ2n) is 6.51. The summed E-state index contributed by atoms with van der Waals surface area (Å²) in [7, 11) is 1.52. The van der Waals surface area contributed by atoms with Gasteiger partial charge in [-0.2, -0.15) is 0 Å². The molecule has 0 heterocycles. The zero-order valence-electron chi connectivity index (χ0n) is 15.6. The molecule has 2 amide bonds. The number of carbonyl (C=O) groups is 2. The zero-order valence-corrected chi connectivity index (χ0v) is 15.6. The summed E-state index contributed by atoms with van der Waals surface area (Å²) >= 11 is 0. The minimum Gasteiger partial charge on any atom is -0.493 e. The minimum atomic E-state index is -0.564. The first kappa shape index (κ1) is 18.8. The van der Waals surface area contributed by atoms with E-state index in [9.17, 15) is 9.59 Å². The average molecular weight is 368 g/mol. The fraction of sp³-hybridized carbons (Fsp3) is 0.333. The first-order valence-electron chi connectivity index (χ1n) is 9.08. The van der Waals surface area contributed by atoms with Crippen LogP contribution in [0.3, 0.4) is 0 Å². The van der Waals surface area contributed by atoms with Crippen LogP contribution in [-0.4, -0.2) is 25.5 Å². The van der Waals surface area contributed by atoms with Gasteiger partial charge in [0.05, 0.1) is 19.1 Å². The summed E-state index contributed by atoms with van der Waals surface area (Å²) in [5.74, 6) is 0.437. The molecule has 0 spiro atoms. The first-order valence-corrected chi connectivity index (χ1v) is 9.08. The van der Waals surface area contributed by atoms with Crippen LogP contribution in [-0.2, 0) is 10.2 Å². The molecule has 0 bridgehead atoms. The Hall–Kier alpha value is -3.02. The van der Waals surface area contributed by atoms with E-state index in [1.54, 1.807) is 18.2 Å². The molecule has 0 unspecified atom stereocenters. The zero-order chi connectivity index (χ0) is 19.3. The number of hydrazine groups is 1. The van der Waals surface area contributed by atoms with Crippen LogP contribution >= 0.6 is 0 Å². The highest BCUT2D eigenvalue weighted by Gasteiger charge is 2.45. The summed E-state index contributed by atoms with van der Waals surface area (Å²) in [6.07, 6.45) is 2.54. The van der Waals surface area contributed by atoms with Crippen molar-refractivity contribution in [3.05, 3.63) is 59.7 Å². The Morgan fingerprint density at radius 2 is 1.78 bits per heavy atom. The van der Waals surface area contributed by atoms with Crippen LogP contribution in [0.2, 0.25) is 0 Å². The number of nitrogens with one attached hydrogen (secondary N) is 2. The molecule has 0 radical (unpaired) electrons. The summed E-state index contributed by atoms with van der Waals surface area (Å²) in [4.78, 5) is 25.2. The Morgan fingerprint density at radius 1 is 1.04 bits per heavy atom. The summed E-state index contributed by atoms with van der Waals surface area (Å²) < 4.78 is 10.7. The Morgan fingerprint density at radius 3 is 2.37 bits per heavy atom. The molecule has 1 aliphatic carbocycles. The van der Waals surface area contributed by atoms with Crippen molar-refractivity contribution in [3.8, 4) is 11.5 Å². The van der Waals surface area contributed by atoms with Crippen LogP contribution in [0.25, 0.3) is 0 Å². The predicted octanol–water partition coefficient (Wildman–Crippen LogP) is 2.98. The maximum absolute atomic E-state index is 12.8. The molecule has 1 aliphatic rings. The van der Waals surface area contributed by atoms with Crippen molar-refractivity contribution in [1.29, 1.82) is 0 Å². The Kier molecular flexibility index (Phi) is 5.64. The SMILES string of the molecule is CCOc1ccc(C(=O)NNC(=O)C2(c3ccccc3)CCC2)cc1OC. The van der Waals surface area contributed by atoms with Gasteiger partial charge in [0.15, 0.2) is 11.5 Å². The Bertz CT molecular complexity index is 816. The molecule has 1 saturated carbocycles. The highest BCUT2D eigenvalue weighted by atomic mass is 16.5. The molecule has 1 fully saturated rings. The van der Waals surface area contributed by atoms with Gasteiger partial charge in [-0.05, 0) is 43.5 Å². The van der Waals surface area contributed by atoms with Crippen LogP contribution in [0.15, 0.2) is 48.5 Å². The van der Waals surface area contributed by atoms with E-state index in [2.05, 4.69) is 10.9 Å². The number of benzene rings is 2. The lowest BCUT2D eigenvalue weighted by atomic mass is 9.64. The quantitative estimate of drug-likeness (QED) is 0.769. The number of hydrogen-bond acceptors (Lipinski definition) is 4. The minimum absolute atomic E-state index is 0.189. The third-order valence-corrected chi connectivity index (χ3v) is 4.98. The lowest BCUT2D eigenvalue weighted by molar-refractivity contribution is -0.130. The van der Waals surface area contributed by atoms with E-state index in [1.807, 2.05) is 37.3 Å². The monoisotopic (exact) mass is 368 g/mol. The van der Waals surface area contributed by atoms with E-state index in [0.29, 0.717) is 23.7 Å². The van der Waals surface area contributed by atoms with Crippen molar-refractivity contribution in [2.24, 2.45) is 0 Å². The summed E-state index contributed by atoms with van der Waals surface area (Å²) in [6, 6.07) is 14.6. The number of ether oxygens (including phenoxy) is 2. The molecule has 142 valence electrons. The Labute approximate surface area is 158 Å². The summed E-state index contributed by atoms with van der Waals surface area (Å²) in [6.45, 7) is 2.37. The Balaban J connectivity index is 1.67. The number of hydrogen-bond donors (Lipinski definition) is 2. The van der Waals surface area contributed by atoms with Crippen LogP contribution in [0.1, 0.15) is 42.1 Å². The molecule has 0 saturated heterocycles. The number of carbonyl (C=O) groups excluding carboxylic acids is 2. The molecular weight excluding hydrogens is 344 g/mol. The van der Waals surface area contributed by atoms with Crippen molar-refractivity contribution in [1.82, 2.24) is 10.9 Å². The molecule has 0 aliphatic heterocycles. The van der Waals surface area contributed by atoms with Gasteiger partial charge in [0.25, 0.3) is 5.91 Å². The molecular formula is C21H24N2O4. The van der Waals surface area contributed by atoms with Crippen LogP contribution < -0.4 is 20.3 Å². The van der Waals surface area contributed by atoms with Gasteiger partial charge in [-0.25, -0.2) is 0 Å². The number of methoxy groups -OCH3 is 1. The van der Waals surface area contributed by atoms with Crippen molar-refractivity contribution < 1.29 is 19.1 Å². The van der Waals surface area contributed by atoms with E-state index >= 15 is 0 Å². The number of amides is 2. The summed E-state index contributed by atoms with van der Waals surface area (Å²) in [5.41, 5.74) is 5.89. The van der Waals surface area contributed by atoms with Crippen molar-refractivity contribution >= 4 is 11.8 Å². The van der Waals surface area contributed by atoms with Crippen LogP contribution in [0.5, 0.6) is 11.5 Å². The summed E-state index contributed by atoms with van der Waals surface area (Å²) in [5, 5.41) is 0. The van der Waals surface area contributed by atoms with Gasteiger partial charge in [-0.1, -0.05) is 36.8 Å². The molecule has 2 aromatic rings. The van der Waals surface area contributed by atoms with Crippen LogP contribution in [0.4, 0.5) is 0 Å². The predicted molar refractivity (Wildman–Crippen MR) is 102 cm³/mol. The fourth-order valence-corrected chi connectivity index (χ4v) is 3.32. The normalized spacial score (nSPS) is 14.6. The lowest BCUT2D eigenvalue weighted by Crippen LogP contribution is -2.54. The second kappa shape index (κ2) is 8.12. The molecule has 6 nitrogen and oxygen atoms in total. The van der Waals surface area contributed by atoms with Crippen molar-refractivity contribution in [2.75, 3.05) is 13.7 Å². The maximum atomic E-state index is 12.8. The van der Waals surface area contributed by atoms with E-state index in [-0.39, 0.29) is 5.91 Å². The largest absolute Gasteiger partial charge is 0.493 e. The fourth-order valence-electron chi connectivity index (χ4n) is 3.32. The van der Waals surface area contributed by atoms with Gasteiger partial charge < -0.3 is 9.47 Å². The molecule has 2 aromatic carbocycles. The van der Waals surface area contributed by atoms with Gasteiger partial charge in [0.1, 0.15) is 0 Å². The third kappa shape index (κ3) is 3.74. The maximum Gasteiger partial charge on any atom is 0.269 e. The van der Waals surface area contributed by atoms with Gasteiger partial charge in [0.2, 0.25) is 5.91 Å². The third-order valence-electron chi connectivity index (χ3n) is 4.98. The van der Waals surface area contributed by atoms with Gasteiger partial charge in [-0.3, -0.25) is 20.4 Å². The van der Waals surface area contributed by atoms with Gasteiger partial charge in [-0.15, -0.1) is 0 Å². The van der Waals surface area contributed by atoms with E-state index in [4.69, 9.17) is 9.47 Å². The van der Waals surface area contributed by atoms with Gasteiger partial charge >= 0.3 is 0 Å². The highest BCUT2D eigenvalue weighted by Crippen LogP contribution is 2.43. The number of rotatable bonds is 6. The molecule has 2 N–H and O–H groups in total. The first-order chi connectivity index (χ1) is 13.1. The van der Waals surface area contributed by atoms with E-state index < -0.39 is 11.3 Å². The molecule has 0 atom stereocenters. The van der Waals surface area contributed by atoms with Crippen molar-refractivity contribution in [2.45, 2.75) is 31.6 Å². The van der Waals surface area contributed by atoms with Gasteiger partial charge in [0, 0.05) is 5.56 Å². The highest BCUT2D eigenvalue weighted by molar-refractivity contribution is 5.97. The molecule has 0 aromatic heterocycles. The van der Waals surface area contributed by atoms with Crippen molar-refractivity contribution in [3.63, 3.8) is 0 Å². The van der Waals surface area contributed by atoms with E-state index in [1.165, 1.54) is 7.11 Å². The second-order valence-corrected chi connectivity index (χ2v) is 6.51. The molecule has 3 rings (SSSR count). The lowest BCUT2D eigenvalue weighted by Gasteiger charge is -2.40. The average Bonchev–Trinajstić information content (AvgIpc) is 2.66.